The molecule has 0 fully saturated rings. The molecule has 1 rings (SSSR count). The first-order valence-electron chi connectivity index (χ1n) is 5.66. The summed E-state index contributed by atoms with van der Waals surface area (Å²) in [6.45, 7) is 10.3. The lowest BCUT2D eigenvalue weighted by atomic mass is 10.0. The predicted octanol–water partition coefficient (Wildman–Crippen LogP) is 4.01. The predicted molar refractivity (Wildman–Crippen MR) is 71.5 cm³/mol. The standard InChI is InChI=1S/C14H20N2/c1-10(2)13-6-8-14(9-7-13)12(5)16-15-11(3)4/h6-10H,1-5H3/b16-12+. The second-order valence-corrected chi connectivity index (χ2v) is 4.51. The molecule has 0 spiro atoms. The summed E-state index contributed by atoms with van der Waals surface area (Å²) in [6, 6.07) is 8.52. The van der Waals surface area contributed by atoms with Crippen LogP contribution in [0, 0.1) is 0 Å². The highest BCUT2D eigenvalue weighted by atomic mass is 15.2. The number of rotatable bonds is 3. The van der Waals surface area contributed by atoms with Crippen molar-refractivity contribution >= 4 is 11.4 Å². The molecule has 2 nitrogen and oxygen atoms in total. The molecular formula is C14H20N2. The third-order valence-electron chi connectivity index (χ3n) is 2.40. The zero-order valence-electron chi connectivity index (χ0n) is 10.8. The normalized spacial score (nSPS) is 11.8. The fourth-order valence-electron chi connectivity index (χ4n) is 1.34. The third-order valence-corrected chi connectivity index (χ3v) is 2.40. The van der Waals surface area contributed by atoms with Gasteiger partial charge in [0, 0.05) is 5.71 Å². The van der Waals surface area contributed by atoms with Gasteiger partial charge in [0.05, 0.1) is 5.71 Å². The fourth-order valence-corrected chi connectivity index (χ4v) is 1.34. The van der Waals surface area contributed by atoms with Crippen molar-refractivity contribution in [2.75, 3.05) is 0 Å². The van der Waals surface area contributed by atoms with Gasteiger partial charge in [0.2, 0.25) is 0 Å². The number of hydrogen-bond acceptors (Lipinski definition) is 2. The minimum absolute atomic E-state index is 0.571. The topological polar surface area (TPSA) is 24.7 Å². The van der Waals surface area contributed by atoms with Crippen molar-refractivity contribution < 1.29 is 0 Å². The molecule has 0 heterocycles. The van der Waals surface area contributed by atoms with Gasteiger partial charge in [-0.25, -0.2) is 0 Å². The Morgan fingerprint density at radius 3 is 1.94 bits per heavy atom. The van der Waals surface area contributed by atoms with E-state index in [1.54, 1.807) is 0 Å². The van der Waals surface area contributed by atoms with Gasteiger partial charge in [0.15, 0.2) is 0 Å². The van der Waals surface area contributed by atoms with Crippen molar-refractivity contribution in [2.45, 2.75) is 40.5 Å². The Kier molecular flexibility index (Phi) is 4.41. The van der Waals surface area contributed by atoms with Crippen LogP contribution in [0.5, 0.6) is 0 Å². The first-order valence-corrected chi connectivity index (χ1v) is 5.66. The molecule has 0 radical (unpaired) electrons. The molecule has 16 heavy (non-hydrogen) atoms. The highest BCUT2D eigenvalue weighted by Gasteiger charge is 2.00. The molecule has 1 aromatic carbocycles. The van der Waals surface area contributed by atoms with E-state index in [-0.39, 0.29) is 0 Å². The van der Waals surface area contributed by atoms with Crippen LogP contribution >= 0.6 is 0 Å². The highest BCUT2D eigenvalue weighted by Crippen LogP contribution is 2.15. The van der Waals surface area contributed by atoms with Crippen molar-refractivity contribution in [3.05, 3.63) is 35.4 Å². The number of hydrogen-bond donors (Lipinski definition) is 0. The maximum absolute atomic E-state index is 4.17. The minimum atomic E-state index is 0.571. The Hall–Kier alpha value is -1.44. The minimum Gasteiger partial charge on any atom is -0.160 e. The van der Waals surface area contributed by atoms with Crippen LogP contribution in [0.1, 0.15) is 51.7 Å². The summed E-state index contributed by atoms with van der Waals surface area (Å²) in [7, 11) is 0. The quantitative estimate of drug-likeness (QED) is 0.538. The lowest BCUT2D eigenvalue weighted by Crippen LogP contribution is -1.95. The van der Waals surface area contributed by atoms with E-state index in [9.17, 15) is 0 Å². The molecule has 1 aromatic rings. The Bertz CT molecular complexity index is 393. The largest absolute Gasteiger partial charge is 0.160 e. The van der Waals surface area contributed by atoms with E-state index in [4.69, 9.17) is 0 Å². The molecule has 0 aliphatic heterocycles. The molecule has 0 aliphatic carbocycles. The van der Waals surface area contributed by atoms with Crippen LogP contribution in [0.25, 0.3) is 0 Å². The summed E-state index contributed by atoms with van der Waals surface area (Å²) in [4.78, 5) is 0. The lowest BCUT2D eigenvalue weighted by Gasteiger charge is -2.06. The highest BCUT2D eigenvalue weighted by molar-refractivity contribution is 5.99. The van der Waals surface area contributed by atoms with Crippen LogP contribution < -0.4 is 0 Å². The monoisotopic (exact) mass is 216 g/mol. The van der Waals surface area contributed by atoms with Crippen LogP contribution in [0.3, 0.4) is 0 Å². The van der Waals surface area contributed by atoms with Crippen molar-refractivity contribution in [3.63, 3.8) is 0 Å². The zero-order chi connectivity index (χ0) is 12.1. The Labute approximate surface area is 98.1 Å². The Morgan fingerprint density at radius 1 is 0.938 bits per heavy atom. The van der Waals surface area contributed by atoms with Gasteiger partial charge in [0.25, 0.3) is 0 Å². The Morgan fingerprint density at radius 2 is 1.50 bits per heavy atom. The number of nitrogens with zero attached hydrogens (tertiary/aromatic N) is 2. The van der Waals surface area contributed by atoms with E-state index in [1.165, 1.54) is 5.56 Å². The molecule has 0 unspecified atom stereocenters. The van der Waals surface area contributed by atoms with E-state index < -0.39 is 0 Å². The van der Waals surface area contributed by atoms with E-state index in [0.717, 1.165) is 17.0 Å². The average molecular weight is 216 g/mol. The summed E-state index contributed by atoms with van der Waals surface area (Å²) < 4.78 is 0. The second kappa shape index (κ2) is 5.59. The van der Waals surface area contributed by atoms with Gasteiger partial charge in [-0.3, -0.25) is 0 Å². The van der Waals surface area contributed by atoms with Gasteiger partial charge in [-0.2, -0.15) is 10.2 Å². The van der Waals surface area contributed by atoms with E-state index in [2.05, 4.69) is 48.3 Å². The summed E-state index contributed by atoms with van der Waals surface area (Å²) in [6.07, 6.45) is 0. The van der Waals surface area contributed by atoms with Crippen LogP contribution in [0.2, 0.25) is 0 Å². The van der Waals surface area contributed by atoms with Crippen LogP contribution in [0.4, 0.5) is 0 Å². The van der Waals surface area contributed by atoms with Crippen LogP contribution in [0.15, 0.2) is 34.5 Å². The van der Waals surface area contributed by atoms with Gasteiger partial charge in [-0.1, -0.05) is 38.1 Å². The van der Waals surface area contributed by atoms with Gasteiger partial charge >= 0.3 is 0 Å². The first kappa shape index (κ1) is 12.6. The van der Waals surface area contributed by atoms with Crippen molar-refractivity contribution in [1.29, 1.82) is 0 Å². The van der Waals surface area contributed by atoms with E-state index >= 15 is 0 Å². The molecule has 0 atom stereocenters. The molecule has 0 saturated carbocycles. The molecule has 86 valence electrons. The number of benzene rings is 1. The van der Waals surface area contributed by atoms with Crippen molar-refractivity contribution in [1.82, 2.24) is 0 Å². The van der Waals surface area contributed by atoms with Crippen molar-refractivity contribution in [3.8, 4) is 0 Å². The molecule has 0 aliphatic rings. The van der Waals surface area contributed by atoms with Gasteiger partial charge in [-0.05, 0) is 37.8 Å². The van der Waals surface area contributed by atoms with Gasteiger partial charge in [0.1, 0.15) is 0 Å². The molecule has 2 heteroatoms. The van der Waals surface area contributed by atoms with E-state index in [0.29, 0.717) is 5.92 Å². The SMILES string of the molecule is CC(C)=N/N=C(\C)c1ccc(C(C)C)cc1. The van der Waals surface area contributed by atoms with E-state index in [1.807, 2.05) is 20.8 Å². The molecule has 0 amide bonds. The molecule has 0 saturated heterocycles. The molecule has 0 N–H and O–H groups in total. The fraction of sp³-hybridized carbons (Fsp3) is 0.429. The first-order chi connectivity index (χ1) is 7.50. The van der Waals surface area contributed by atoms with Crippen molar-refractivity contribution in [2.24, 2.45) is 10.2 Å². The lowest BCUT2D eigenvalue weighted by molar-refractivity contribution is 0.866. The third kappa shape index (κ3) is 3.61. The second-order valence-electron chi connectivity index (χ2n) is 4.51. The van der Waals surface area contributed by atoms with Crippen LogP contribution in [-0.4, -0.2) is 11.4 Å². The maximum Gasteiger partial charge on any atom is 0.0671 e. The summed E-state index contributed by atoms with van der Waals surface area (Å²) in [5.74, 6) is 0.571. The van der Waals surface area contributed by atoms with Crippen LogP contribution in [-0.2, 0) is 0 Å². The summed E-state index contributed by atoms with van der Waals surface area (Å²) >= 11 is 0. The summed E-state index contributed by atoms with van der Waals surface area (Å²) in [5.41, 5.74) is 4.41. The average Bonchev–Trinajstić information content (AvgIpc) is 2.26. The zero-order valence-corrected chi connectivity index (χ0v) is 10.8. The maximum atomic E-state index is 4.17. The van der Waals surface area contributed by atoms with Gasteiger partial charge < -0.3 is 0 Å². The molecule has 0 bridgehead atoms. The smallest absolute Gasteiger partial charge is 0.0671 e. The molecular weight excluding hydrogens is 196 g/mol. The van der Waals surface area contributed by atoms with Gasteiger partial charge in [-0.15, -0.1) is 0 Å². The Balaban J connectivity index is 2.90. The summed E-state index contributed by atoms with van der Waals surface area (Å²) in [5, 5.41) is 8.24. The molecule has 0 aromatic heterocycles.